The lowest BCUT2D eigenvalue weighted by Gasteiger charge is -2.26. The number of amides is 1. The molecule has 0 bridgehead atoms. The molecule has 3 unspecified atom stereocenters. The van der Waals surface area contributed by atoms with Crippen LogP contribution in [0.1, 0.15) is 142 Å². The number of hydrogen-bond donors (Lipinski definition) is 3. The van der Waals surface area contributed by atoms with Crippen LogP contribution in [0.2, 0.25) is 0 Å². The molecule has 0 heterocycles. The van der Waals surface area contributed by atoms with Gasteiger partial charge in [0, 0.05) is 6.42 Å². The van der Waals surface area contributed by atoms with Crippen molar-refractivity contribution < 1.29 is 32.9 Å². The Morgan fingerprint density at radius 1 is 0.750 bits per heavy atom. The van der Waals surface area contributed by atoms with Crippen molar-refractivity contribution >= 4 is 13.7 Å². The van der Waals surface area contributed by atoms with Gasteiger partial charge in [-0.3, -0.25) is 13.8 Å². The van der Waals surface area contributed by atoms with Gasteiger partial charge in [0.05, 0.1) is 39.9 Å². The molecule has 0 rings (SSSR count). The average Bonchev–Trinajstić information content (AvgIpc) is 2.88. The van der Waals surface area contributed by atoms with Crippen molar-refractivity contribution in [2.24, 2.45) is 0 Å². The molecule has 40 heavy (non-hydrogen) atoms. The molecule has 0 saturated heterocycles. The number of phosphoric acid groups is 1. The molecular formula is C31H66N2O6P+. The fourth-order valence-corrected chi connectivity index (χ4v) is 5.37. The molecule has 3 atom stereocenters. The predicted octanol–water partition coefficient (Wildman–Crippen LogP) is 7.51. The lowest BCUT2D eigenvalue weighted by molar-refractivity contribution is -0.870. The molecule has 9 heteroatoms. The van der Waals surface area contributed by atoms with Crippen LogP contribution in [-0.4, -0.2) is 73.4 Å². The van der Waals surface area contributed by atoms with Crippen LogP contribution in [-0.2, 0) is 18.4 Å². The first-order chi connectivity index (χ1) is 19.0. The Bertz CT molecular complexity index is 644. The van der Waals surface area contributed by atoms with E-state index in [-0.39, 0.29) is 19.1 Å². The molecule has 0 spiro atoms. The summed E-state index contributed by atoms with van der Waals surface area (Å²) in [6.07, 6.45) is 21.3. The van der Waals surface area contributed by atoms with Crippen LogP contribution >= 0.6 is 7.82 Å². The number of carbonyl (C=O) groups is 1. The summed E-state index contributed by atoms with van der Waals surface area (Å²) in [4.78, 5) is 22.8. The van der Waals surface area contributed by atoms with E-state index >= 15 is 0 Å². The van der Waals surface area contributed by atoms with Gasteiger partial charge in [-0.05, 0) is 12.8 Å². The molecule has 0 aliphatic heterocycles. The molecule has 3 N–H and O–H groups in total. The van der Waals surface area contributed by atoms with Crippen molar-refractivity contribution in [1.82, 2.24) is 5.32 Å². The minimum atomic E-state index is -4.28. The van der Waals surface area contributed by atoms with Crippen molar-refractivity contribution in [1.29, 1.82) is 0 Å². The van der Waals surface area contributed by atoms with Crippen molar-refractivity contribution in [3.8, 4) is 0 Å². The van der Waals surface area contributed by atoms with Crippen molar-refractivity contribution in [3.63, 3.8) is 0 Å². The second-order valence-electron chi connectivity index (χ2n) is 12.5. The van der Waals surface area contributed by atoms with Crippen molar-refractivity contribution in [2.75, 3.05) is 40.9 Å². The first kappa shape index (κ1) is 39.5. The van der Waals surface area contributed by atoms with Gasteiger partial charge in [-0.2, -0.15) is 0 Å². The number of aliphatic hydroxyl groups excluding tert-OH is 1. The maximum atomic E-state index is 12.7. The van der Waals surface area contributed by atoms with E-state index in [0.29, 0.717) is 23.9 Å². The molecule has 1 amide bonds. The minimum Gasteiger partial charge on any atom is -0.391 e. The number of carbonyl (C=O) groups excluding carboxylic acids is 1. The van der Waals surface area contributed by atoms with Crippen LogP contribution < -0.4 is 5.32 Å². The first-order valence-corrected chi connectivity index (χ1v) is 17.9. The number of unbranched alkanes of at least 4 members (excludes halogenated alkanes) is 16. The summed E-state index contributed by atoms with van der Waals surface area (Å²) in [6, 6.07) is -0.748. The largest absolute Gasteiger partial charge is 0.472 e. The Balaban J connectivity index is 4.56. The lowest BCUT2D eigenvalue weighted by atomic mass is 10.0. The summed E-state index contributed by atoms with van der Waals surface area (Å²) in [5, 5.41) is 13.7. The van der Waals surface area contributed by atoms with E-state index in [2.05, 4.69) is 19.2 Å². The van der Waals surface area contributed by atoms with Crippen LogP contribution in [0.25, 0.3) is 0 Å². The Labute approximate surface area is 247 Å². The van der Waals surface area contributed by atoms with E-state index in [9.17, 15) is 19.4 Å². The van der Waals surface area contributed by atoms with Gasteiger partial charge in [0.15, 0.2) is 0 Å². The Hall–Kier alpha value is -0.500. The first-order valence-electron chi connectivity index (χ1n) is 16.4. The quantitative estimate of drug-likeness (QED) is 0.0471. The van der Waals surface area contributed by atoms with Crippen LogP contribution in [0.4, 0.5) is 0 Å². The maximum absolute atomic E-state index is 12.7. The molecule has 0 fully saturated rings. The molecule has 0 radical (unpaired) electrons. The van der Waals surface area contributed by atoms with Gasteiger partial charge in [0.25, 0.3) is 0 Å². The monoisotopic (exact) mass is 593 g/mol. The maximum Gasteiger partial charge on any atom is 0.472 e. The number of likely N-dealkylation sites (N-methyl/N-ethyl adjacent to an activating group) is 1. The van der Waals surface area contributed by atoms with Gasteiger partial charge in [0.1, 0.15) is 13.2 Å². The number of aliphatic hydroxyl groups is 1. The molecule has 8 nitrogen and oxygen atoms in total. The van der Waals surface area contributed by atoms with E-state index in [0.717, 1.165) is 38.5 Å². The standard InChI is InChI=1S/C31H65N2O6P/c1-6-8-10-12-14-16-18-20-22-24-30(34)29(28-39-40(36,37)38-27-26-33(3,4)5)32-31(35)25-23-21-19-17-15-13-11-9-7-2/h29-30,34H,6-28H2,1-5H3,(H-,32,35,36,37)/p+1. The number of rotatable bonds is 29. The van der Waals surface area contributed by atoms with Gasteiger partial charge >= 0.3 is 7.82 Å². The topological polar surface area (TPSA) is 105 Å². The van der Waals surface area contributed by atoms with Crippen LogP contribution in [0.15, 0.2) is 0 Å². The molecule has 0 aliphatic carbocycles. The van der Waals surface area contributed by atoms with E-state index < -0.39 is 20.0 Å². The molecule has 0 aromatic carbocycles. The van der Waals surface area contributed by atoms with E-state index in [4.69, 9.17) is 9.05 Å². The molecule has 0 aromatic rings. The minimum absolute atomic E-state index is 0.0773. The number of hydrogen-bond acceptors (Lipinski definition) is 5. The average molecular weight is 594 g/mol. The highest BCUT2D eigenvalue weighted by Crippen LogP contribution is 2.43. The third-order valence-electron chi connectivity index (χ3n) is 7.36. The zero-order valence-electron chi connectivity index (χ0n) is 26.8. The summed E-state index contributed by atoms with van der Waals surface area (Å²) in [7, 11) is 1.62. The third-order valence-corrected chi connectivity index (χ3v) is 8.34. The van der Waals surface area contributed by atoms with E-state index in [1.54, 1.807) is 0 Å². The molecular weight excluding hydrogens is 527 g/mol. The second kappa shape index (κ2) is 25.0. The summed E-state index contributed by atoms with van der Waals surface area (Å²) >= 11 is 0. The number of nitrogens with one attached hydrogen (secondary N) is 1. The van der Waals surface area contributed by atoms with E-state index in [1.807, 2.05) is 21.1 Å². The van der Waals surface area contributed by atoms with Gasteiger partial charge in [-0.1, -0.05) is 123 Å². The number of phosphoric ester groups is 1. The molecule has 0 aromatic heterocycles. The summed E-state index contributed by atoms with van der Waals surface area (Å²) in [5.74, 6) is -0.151. The highest BCUT2D eigenvalue weighted by atomic mass is 31.2. The number of nitrogens with zero attached hydrogens (tertiary/aromatic N) is 1. The predicted molar refractivity (Wildman–Crippen MR) is 166 cm³/mol. The fourth-order valence-electron chi connectivity index (χ4n) is 4.63. The van der Waals surface area contributed by atoms with Crippen LogP contribution in [0.3, 0.4) is 0 Å². The highest BCUT2D eigenvalue weighted by Gasteiger charge is 2.28. The van der Waals surface area contributed by atoms with Crippen LogP contribution in [0.5, 0.6) is 0 Å². The van der Waals surface area contributed by atoms with Gasteiger partial charge in [-0.15, -0.1) is 0 Å². The normalized spacial score (nSPS) is 15.1. The van der Waals surface area contributed by atoms with Gasteiger partial charge in [-0.25, -0.2) is 4.57 Å². The Morgan fingerprint density at radius 2 is 1.20 bits per heavy atom. The van der Waals surface area contributed by atoms with Gasteiger partial charge in [0.2, 0.25) is 5.91 Å². The third kappa shape index (κ3) is 26.4. The Kier molecular flexibility index (Phi) is 24.7. The summed E-state index contributed by atoms with van der Waals surface area (Å²) in [5.41, 5.74) is 0. The van der Waals surface area contributed by atoms with Gasteiger partial charge < -0.3 is 19.8 Å². The fraction of sp³-hybridized carbons (Fsp3) is 0.968. The molecule has 240 valence electrons. The Morgan fingerprint density at radius 3 is 1.68 bits per heavy atom. The second-order valence-corrected chi connectivity index (χ2v) is 14.0. The summed E-state index contributed by atoms with van der Waals surface area (Å²) in [6.45, 7) is 4.81. The smallest absolute Gasteiger partial charge is 0.391 e. The van der Waals surface area contributed by atoms with Crippen molar-refractivity contribution in [3.05, 3.63) is 0 Å². The zero-order valence-corrected chi connectivity index (χ0v) is 27.7. The number of quaternary nitrogens is 1. The highest BCUT2D eigenvalue weighted by molar-refractivity contribution is 7.47. The summed E-state index contributed by atoms with van der Waals surface area (Å²) < 4.78 is 23.3. The van der Waals surface area contributed by atoms with Crippen molar-refractivity contribution in [2.45, 2.75) is 154 Å². The lowest BCUT2D eigenvalue weighted by Crippen LogP contribution is -2.46. The zero-order chi connectivity index (χ0) is 30.1. The van der Waals surface area contributed by atoms with E-state index in [1.165, 1.54) is 77.0 Å². The molecule has 0 aliphatic rings. The SMILES string of the molecule is CCCCCCCCCCCC(=O)NC(COP(=O)(O)OCC[N+](C)(C)C)C(O)CCCCCCCCCCC. The molecule has 0 saturated carbocycles. The van der Waals surface area contributed by atoms with Crippen LogP contribution in [0, 0.1) is 0 Å².